The van der Waals surface area contributed by atoms with Crippen LogP contribution in [0.1, 0.15) is 29.8 Å². The van der Waals surface area contributed by atoms with Crippen molar-refractivity contribution in [3.63, 3.8) is 0 Å². The fourth-order valence-corrected chi connectivity index (χ4v) is 3.22. The average Bonchev–Trinajstić information content (AvgIpc) is 3.17. The van der Waals surface area contributed by atoms with Crippen LogP contribution in [-0.2, 0) is 6.54 Å². The number of anilines is 1. The first-order chi connectivity index (χ1) is 10.3. The lowest BCUT2D eigenvalue weighted by Gasteiger charge is -2.15. The van der Waals surface area contributed by atoms with Gasteiger partial charge in [0, 0.05) is 11.1 Å². The van der Waals surface area contributed by atoms with Gasteiger partial charge in [-0.15, -0.1) is 11.3 Å². The van der Waals surface area contributed by atoms with Crippen molar-refractivity contribution in [2.24, 2.45) is 0 Å². The predicted octanol–water partition coefficient (Wildman–Crippen LogP) is 4.56. The van der Waals surface area contributed by atoms with Crippen molar-refractivity contribution >= 4 is 17.0 Å². The van der Waals surface area contributed by atoms with Gasteiger partial charge in [-0.1, -0.05) is 43.3 Å². The third kappa shape index (κ3) is 3.52. The lowest BCUT2D eigenvalue weighted by atomic mass is 10.2. The third-order valence-corrected chi connectivity index (χ3v) is 4.44. The van der Waals surface area contributed by atoms with Crippen LogP contribution in [0, 0.1) is 0 Å². The molecule has 0 amide bonds. The first kappa shape index (κ1) is 13.9. The van der Waals surface area contributed by atoms with Gasteiger partial charge in [0.25, 0.3) is 0 Å². The van der Waals surface area contributed by atoms with Crippen LogP contribution in [0.25, 0.3) is 0 Å². The molecule has 3 nitrogen and oxygen atoms in total. The fourth-order valence-electron chi connectivity index (χ4n) is 2.36. The summed E-state index contributed by atoms with van der Waals surface area (Å²) in [5.41, 5.74) is 2.34. The molecule has 108 valence electrons. The fraction of sp³-hybridized carbons (Fsp3) is 0.235. The first-order valence-electron chi connectivity index (χ1n) is 7.21. The first-order valence-corrected chi connectivity index (χ1v) is 8.09. The molecular formula is C17H19N3S. The van der Waals surface area contributed by atoms with E-state index in [1.807, 2.05) is 16.9 Å². The standard InChI is InChI=1S/C17H19N3S/c1-2-16(17-9-6-10-21-17)19-15-11-18-20(13-15)12-14-7-4-3-5-8-14/h3-11,13,16,19H,2,12H2,1H3. The Morgan fingerprint density at radius 3 is 2.76 bits per heavy atom. The summed E-state index contributed by atoms with van der Waals surface area (Å²) in [6, 6.07) is 15.0. The summed E-state index contributed by atoms with van der Waals surface area (Å²) in [6.07, 6.45) is 5.03. The zero-order chi connectivity index (χ0) is 14.5. The van der Waals surface area contributed by atoms with Crippen molar-refractivity contribution in [3.05, 3.63) is 70.7 Å². The highest BCUT2D eigenvalue weighted by Crippen LogP contribution is 2.25. The van der Waals surface area contributed by atoms with Crippen LogP contribution in [0.2, 0.25) is 0 Å². The van der Waals surface area contributed by atoms with E-state index in [-0.39, 0.29) is 0 Å². The van der Waals surface area contributed by atoms with Gasteiger partial charge in [0.1, 0.15) is 0 Å². The van der Waals surface area contributed by atoms with Gasteiger partial charge in [0.05, 0.1) is 24.5 Å². The topological polar surface area (TPSA) is 29.9 Å². The van der Waals surface area contributed by atoms with E-state index in [1.165, 1.54) is 10.4 Å². The molecular weight excluding hydrogens is 278 g/mol. The van der Waals surface area contributed by atoms with Crippen molar-refractivity contribution in [3.8, 4) is 0 Å². The van der Waals surface area contributed by atoms with Gasteiger partial charge in [-0.3, -0.25) is 4.68 Å². The van der Waals surface area contributed by atoms with E-state index >= 15 is 0 Å². The van der Waals surface area contributed by atoms with Crippen molar-refractivity contribution < 1.29 is 0 Å². The van der Waals surface area contributed by atoms with Gasteiger partial charge in [0.15, 0.2) is 0 Å². The van der Waals surface area contributed by atoms with Crippen LogP contribution in [0.4, 0.5) is 5.69 Å². The number of nitrogens with zero attached hydrogens (tertiary/aromatic N) is 2. The van der Waals surface area contributed by atoms with E-state index in [4.69, 9.17) is 0 Å². The second-order valence-electron chi connectivity index (χ2n) is 5.03. The Labute approximate surface area is 129 Å². The summed E-state index contributed by atoms with van der Waals surface area (Å²) in [5, 5.41) is 10.1. The summed E-state index contributed by atoms with van der Waals surface area (Å²) in [5.74, 6) is 0. The number of benzene rings is 1. The maximum Gasteiger partial charge on any atom is 0.0731 e. The Hall–Kier alpha value is -2.07. The van der Waals surface area contributed by atoms with Crippen molar-refractivity contribution in [2.45, 2.75) is 25.9 Å². The summed E-state index contributed by atoms with van der Waals surface area (Å²) in [4.78, 5) is 1.37. The van der Waals surface area contributed by atoms with Gasteiger partial charge in [-0.05, 0) is 23.4 Å². The molecule has 2 heterocycles. The average molecular weight is 297 g/mol. The number of aromatic nitrogens is 2. The molecule has 1 atom stereocenters. The molecule has 0 aliphatic rings. The summed E-state index contributed by atoms with van der Waals surface area (Å²) in [7, 11) is 0. The highest BCUT2D eigenvalue weighted by Gasteiger charge is 2.11. The van der Waals surface area contributed by atoms with Crippen molar-refractivity contribution in [1.82, 2.24) is 9.78 Å². The number of rotatable bonds is 6. The van der Waals surface area contributed by atoms with Gasteiger partial charge >= 0.3 is 0 Å². The van der Waals surface area contributed by atoms with Gasteiger partial charge < -0.3 is 5.32 Å². The summed E-state index contributed by atoms with van der Waals surface area (Å²) < 4.78 is 1.97. The molecule has 0 saturated heterocycles. The van der Waals surface area contributed by atoms with Crippen LogP contribution in [0.3, 0.4) is 0 Å². The van der Waals surface area contributed by atoms with Gasteiger partial charge in [-0.2, -0.15) is 5.10 Å². The Bertz CT molecular complexity index is 658. The molecule has 3 rings (SSSR count). The summed E-state index contributed by atoms with van der Waals surface area (Å²) >= 11 is 1.79. The minimum Gasteiger partial charge on any atom is -0.375 e. The predicted molar refractivity (Wildman–Crippen MR) is 88.7 cm³/mol. The normalized spacial score (nSPS) is 12.2. The molecule has 0 radical (unpaired) electrons. The minimum atomic E-state index is 0.361. The number of hydrogen-bond acceptors (Lipinski definition) is 3. The highest BCUT2D eigenvalue weighted by molar-refractivity contribution is 7.10. The van der Waals surface area contributed by atoms with Crippen molar-refractivity contribution in [2.75, 3.05) is 5.32 Å². The number of hydrogen-bond donors (Lipinski definition) is 1. The van der Waals surface area contributed by atoms with Crippen LogP contribution >= 0.6 is 11.3 Å². The Morgan fingerprint density at radius 1 is 1.19 bits per heavy atom. The second-order valence-corrected chi connectivity index (χ2v) is 6.01. The van der Waals surface area contributed by atoms with Crippen LogP contribution in [-0.4, -0.2) is 9.78 Å². The van der Waals surface area contributed by atoms with Crippen LogP contribution in [0.15, 0.2) is 60.2 Å². The molecule has 2 aromatic heterocycles. The van der Waals surface area contributed by atoms with E-state index in [1.54, 1.807) is 11.3 Å². The van der Waals surface area contributed by atoms with Crippen LogP contribution < -0.4 is 5.32 Å². The Kier molecular flexibility index (Phi) is 4.36. The molecule has 0 bridgehead atoms. The van der Waals surface area contributed by atoms with E-state index < -0.39 is 0 Å². The monoisotopic (exact) mass is 297 g/mol. The molecule has 1 unspecified atom stereocenters. The molecule has 1 aromatic carbocycles. The molecule has 0 aliphatic carbocycles. The lowest BCUT2D eigenvalue weighted by Crippen LogP contribution is -2.07. The zero-order valence-electron chi connectivity index (χ0n) is 12.1. The molecule has 4 heteroatoms. The molecule has 0 saturated carbocycles. The van der Waals surface area contributed by atoms with E-state index in [0.29, 0.717) is 6.04 Å². The number of nitrogens with one attached hydrogen (secondary N) is 1. The number of thiophene rings is 1. The van der Waals surface area contributed by atoms with E-state index in [9.17, 15) is 0 Å². The third-order valence-electron chi connectivity index (χ3n) is 3.46. The zero-order valence-corrected chi connectivity index (χ0v) is 12.9. The Balaban J connectivity index is 1.67. The molecule has 0 spiro atoms. The molecule has 3 aromatic rings. The second kappa shape index (κ2) is 6.59. The summed E-state index contributed by atoms with van der Waals surface area (Å²) in [6.45, 7) is 3.00. The molecule has 0 fully saturated rings. The van der Waals surface area contributed by atoms with Gasteiger partial charge in [0.2, 0.25) is 0 Å². The molecule has 0 aliphatic heterocycles. The molecule has 21 heavy (non-hydrogen) atoms. The quantitative estimate of drug-likeness (QED) is 0.723. The largest absolute Gasteiger partial charge is 0.375 e. The smallest absolute Gasteiger partial charge is 0.0731 e. The SMILES string of the molecule is CCC(Nc1cnn(Cc2ccccc2)c1)c1cccs1. The maximum absolute atomic E-state index is 4.44. The Morgan fingerprint density at radius 2 is 2.05 bits per heavy atom. The lowest BCUT2D eigenvalue weighted by molar-refractivity contribution is 0.686. The van der Waals surface area contributed by atoms with E-state index in [0.717, 1.165) is 18.7 Å². The molecule has 1 N–H and O–H groups in total. The van der Waals surface area contributed by atoms with Crippen LogP contribution in [0.5, 0.6) is 0 Å². The highest BCUT2D eigenvalue weighted by atomic mass is 32.1. The van der Waals surface area contributed by atoms with E-state index in [2.05, 4.69) is 65.3 Å². The minimum absolute atomic E-state index is 0.361. The maximum atomic E-state index is 4.44. The van der Waals surface area contributed by atoms with Gasteiger partial charge in [-0.25, -0.2) is 0 Å². The van der Waals surface area contributed by atoms with Crippen molar-refractivity contribution in [1.29, 1.82) is 0 Å².